The molecule has 1 amide bonds. The Morgan fingerprint density at radius 1 is 1.18 bits per heavy atom. The first-order chi connectivity index (χ1) is 13.6. The lowest BCUT2D eigenvalue weighted by atomic mass is 10.0. The van der Waals surface area contributed by atoms with Crippen molar-refractivity contribution in [2.45, 2.75) is 61.9 Å². The van der Waals surface area contributed by atoms with Gasteiger partial charge in [0.2, 0.25) is 11.9 Å². The highest BCUT2D eigenvalue weighted by Crippen LogP contribution is 2.42. The van der Waals surface area contributed by atoms with Crippen molar-refractivity contribution in [3.8, 4) is 0 Å². The van der Waals surface area contributed by atoms with Crippen molar-refractivity contribution in [1.29, 1.82) is 0 Å². The zero-order chi connectivity index (χ0) is 19.5. The fraction of sp³-hybridized carbons (Fsp3) is 0.571. The maximum absolute atomic E-state index is 12.6. The van der Waals surface area contributed by atoms with Gasteiger partial charge >= 0.3 is 0 Å². The summed E-state index contributed by atoms with van der Waals surface area (Å²) in [7, 11) is 0. The molecule has 1 saturated carbocycles. The average Bonchev–Trinajstić information content (AvgIpc) is 3.24. The Morgan fingerprint density at radius 3 is 2.57 bits per heavy atom. The fourth-order valence-electron chi connectivity index (χ4n) is 3.64. The first-order valence-corrected chi connectivity index (χ1v) is 11.2. The summed E-state index contributed by atoms with van der Waals surface area (Å²) in [5.74, 6) is 1.34. The maximum atomic E-state index is 12.6. The van der Waals surface area contributed by atoms with E-state index in [1.54, 1.807) is 0 Å². The average molecular weight is 400 g/mol. The van der Waals surface area contributed by atoms with Gasteiger partial charge in [-0.1, -0.05) is 49.0 Å². The Morgan fingerprint density at radius 2 is 1.89 bits per heavy atom. The summed E-state index contributed by atoms with van der Waals surface area (Å²) in [5, 5.41) is 12.7. The number of rotatable bonds is 8. The zero-order valence-corrected chi connectivity index (χ0v) is 17.5. The molecular formula is C21H29N5OS. The largest absolute Gasteiger partial charge is 0.355 e. The smallest absolute Gasteiger partial charge is 0.233 e. The molecule has 1 aromatic heterocycles. The molecule has 1 aliphatic carbocycles. The Labute approximate surface area is 171 Å². The Balaban J connectivity index is 1.36. The molecule has 28 heavy (non-hydrogen) atoms. The number of anilines is 1. The SMILES string of the molecule is CC(Sc1nnc(N2CCCC2)n1C1CC1)C(=O)NCC(C)c1ccccc1. The summed E-state index contributed by atoms with van der Waals surface area (Å²) < 4.78 is 2.27. The summed E-state index contributed by atoms with van der Waals surface area (Å²) in [5.41, 5.74) is 1.24. The zero-order valence-electron chi connectivity index (χ0n) is 16.7. The molecular weight excluding hydrogens is 370 g/mol. The van der Waals surface area contributed by atoms with Crippen molar-refractivity contribution in [2.24, 2.45) is 0 Å². The monoisotopic (exact) mass is 399 g/mol. The van der Waals surface area contributed by atoms with Crippen LogP contribution < -0.4 is 10.2 Å². The van der Waals surface area contributed by atoms with Crippen LogP contribution in [0.2, 0.25) is 0 Å². The predicted molar refractivity (Wildman–Crippen MR) is 113 cm³/mol. The number of hydrogen-bond acceptors (Lipinski definition) is 5. The van der Waals surface area contributed by atoms with Crippen LogP contribution in [-0.4, -0.2) is 45.6 Å². The van der Waals surface area contributed by atoms with Crippen LogP contribution in [0.3, 0.4) is 0 Å². The Bertz CT molecular complexity index is 798. The molecule has 2 fully saturated rings. The van der Waals surface area contributed by atoms with Crippen molar-refractivity contribution in [2.75, 3.05) is 24.5 Å². The Hall–Kier alpha value is -2.02. The van der Waals surface area contributed by atoms with Crippen LogP contribution in [0, 0.1) is 0 Å². The predicted octanol–water partition coefficient (Wildman–Crippen LogP) is 3.61. The molecule has 1 aromatic carbocycles. The van der Waals surface area contributed by atoms with Crippen molar-refractivity contribution >= 4 is 23.6 Å². The lowest BCUT2D eigenvalue weighted by Gasteiger charge is -2.19. The number of amides is 1. The second-order valence-corrected chi connectivity index (χ2v) is 9.20. The number of benzene rings is 1. The number of carbonyl (C=O) groups excluding carboxylic acids is 1. The number of thioether (sulfide) groups is 1. The van der Waals surface area contributed by atoms with Gasteiger partial charge in [0, 0.05) is 25.7 Å². The third kappa shape index (κ3) is 4.35. The van der Waals surface area contributed by atoms with Crippen LogP contribution in [-0.2, 0) is 4.79 Å². The van der Waals surface area contributed by atoms with Crippen LogP contribution in [0.5, 0.6) is 0 Å². The van der Waals surface area contributed by atoms with Gasteiger partial charge in [0.05, 0.1) is 5.25 Å². The quantitative estimate of drug-likeness (QED) is 0.687. The van der Waals surface area contributed by atoms with Gasteiger partial charge < -0.3 is 10.2 Å². The molecule has 1 saturated heterocycles. The molecule has 0 radical (unpaired) electrons. The second kappa shape index (κ2) is 8.55. The van der Waals surface area contributed by atoms with E-state index in [-0.39, 0.29) is 11.2 Å². The minimum atomic E-state index is -0.198. The summed E-state index contributed by atoms with van der Waals surface area (Å²) >= 11 is 1.52. The number of aromatic nitrogens is 3. The number of nitrogens with zero attached hydrogens (tertiary/aromatic N) is 4. The second-order valence-electron chi connectivity index (χ2n) is 7.89. The molecule has 2 atom stereocenters. The van der Waals surface area contributed by atoms with E-state index in [9.17, 15) is 4.79 Å². The van der Waals surface area contributed by atoms with Gasteiger partial charge in [-0.15, -0.1) is 10.2 Å². The third-order valence-corrected chi connectivity index (χ3v) is 6.61. The first-order valence-electron chi connectivity index (χ1n) is 10.3. The summed E-state index contributed by atoms with van der Waals surface area (Å²) in [6, 6.07) is 10.8. The van der Waals surface area contributed by atoms with E-state index in [2.05, 4.69) is 44.0 Å². The van der Waals surface area contributed by atoms with Crippen molar-refractivity contribution < 1.29 is 4.79 Å². The molecule has 0 spiro atoms. The number of nitrogens with one attached hydrogen (secondary N) is 1. The van der Waals surface area contributed by atoms with Crippen LogP contribution in [0.4, 0.5) is 5.95 Å². The molecule has 7 heteroatoms. The minimum Gasteiger partial charge on any atom is -0.355 e. The van der Waals surface area contributed by atoms with Crippen LogP contribution in [0.15, 0.2) is 35.5 Å². The van der Waals surface area contributed by atoms with E-state index in [4.69, 9.17) is 0 Å². The van der Waals surface area contributed by atoms with Gasteiger partial charge in [0.15, 0.2) is 5.16 Å². The first kappa shape index (κ1) is 19.3. The molecule has 2 unspecified atom stereocenters. The van der Waals surface area contributed by atoms with Gasteiger partial charge in [-0.2, -0.15) is 0 Å². The lowest BCUT2D eigenvalue weighted by molar-refractivity contribution is -0.120. The van der Waals surface area contributed by atoms with Gasteiger partial charge in [0.25, 0.3) is 0 Å². The van der Waals surface area contributed by atoms with Gasteiger partial charge in [-0.3, -0.25) is 9.36 Å². The van der Waals surface area contributed by atoms with Crippen molar-refractivity contribution in [3.05, 3.63) is 35.9 Å². The van der Waals surface area contributed by atoms with E-state index in [0.29, 0.717) is 18.5 Å². The van der Waals surface area contributed by atoms with Gasteiger partial charge in [0.1, 0.15) is 0 Å². The summed E-state index contributed by atoms with van der Waals surface area (Å²) in [6.07, 6.45) is 4.81. The summed E-state index contributed by atoms with van der Waals surface area (Å²) in [4.78, 5) is 15.0. The molecule has 1 aliphatic heterocycles. The van der Waals surface area contributed by atoms with Gasteiger partial charge in [-0.25, -0.2) is 0 Å². The van der Waals surface area contributed by atoms with Crippen LogP contribution in [0.25, 0.3) is 0 Å². The Kier molecular flexibility index (Phi) is 5.90. The van der Waals surface area contributed by atoms with E-state index in [1.807, 2.05) is 25.1 Å². The summed E-state index contributed by atoms with van der Waals surface area (Å²) in [6.45, 7) is 6.85. The number of carbonyl (C=O) groups is 1. The highest BCUT2D eigenvalue weighted by Gasteiger charge is 2.33. The molecule has 2 aromatic rings. The molecule has 2 heterocycles. The number of hydrogen-bond donors (Lipinski definition) is 1. The maximum Gasteiger partial charge on any atom is 0.233 e. The van der Waals surface area contributed by atoms with E-state index in [0.717, 1.165) is 24.2 Å². The molecule has 4 rings (SSSR count). The normalized spacial score (nSPS) is 18.9. The highest BCUT2D eigenvalue weighted by atomic mass is 32.2. The van der Waals surface area contributed by atoms with Crippen LogP contribution >= 0.6 is 11.8 Å². The molecule has 6 nitrogen and oxygen atoms in total. The molecule has 0 bridgehead atoms. The molecule has 1 N–H and O–H groups in total. The topological polar surface area (TPSA) is 63.1 Å². The standard InChI is InChI=1S/C21H29N5OS/c1-15(17-8-4-3-5-9-17)14-22-19(27)16(2)28-21-24-23-20(25-12-6-7-13-25)26(21)18-10-11-18/h3-5,8-9,15-16,18H,6-7,10-14H2,1-2H3,(H,22,27). The van der Waals surface area contributed by atoms with E-state index >= 15 is 0 Å². The van der Waals surface area contributed by atoms with E-state index in [1.165, 1.54) is 43.0 Å². The van der Waals surface area contributed by atoms with Crippen molar-refractivity contribution in [3.63, 3.8) is 0 Å². The molecule has 2 aliphatic rings. The van der Waals surface area contributed by atoms with E-state index < -0.39 is 0 Å². The lowest BCUT2D eigenvalue weighted by Crippen LogP contribution is -2.33. The van der Waals surface area contributed by atoms with Crippen molar-refractivity contribution in [1.82, 2.24) is 20.1 Å². The third-order valence-electron chi connectivity index (χ3n) is 5.55. The highest BCUT2D eigenvalue weighted by molar-refractivity contribution is 8.00. The van der Waals surface area contributed by atoms with Gasteiger partial charge in [-0.05, 0) is 44.1 Å². The van der Waals surface area contributed by atoms with Crippen LogP contribution in [0.1, 0.15) is 57.1 Å². The fourth-order valence-corrected chi connectivity index (χ4v) is 4.58. The molecule has 150 valence electrons. The minimum absolute atomic E-state index is 0.0563.